The zero-order valence-electron chi connectivity index (χ0n) is 13.7. The highest BCUT2D eigenvalue weighted by Crippen LogP contribution is 2.25. The second-order valence-electron chi connectivity index (χ2n) is 5.88. The highest BCUT2D eigenvalue weighted by molar-refractivity contribution is 7.07. The van der Waals surface area contributed by atoms with Crippen LogP contribution in [0.5, 0.6) is 0 Å². The molecule has 0 radical (unpaired) electrons. The van der Waals surface area contributed by atoms with Gasteiger partial charge in [0.1, 0.15) is 6.10 Å². The van der Waals surface area contributed by atoms with Crippen LogP contribution in [0.1, 0.15) is 34.5 Å². The summed E-state index contributed by atoms with van der Waals surface area (Å²) in [6.45, 7) is 5.03. The van der Waals surface area contributed by atoms with Gasteiger partial charge in [0.25, 0.3) is 0 Å². The monoisotopic (exact) mass is 344 g/mol. The van der Waals surface area contributed by atoms with Crippen molar-refractivity contribution in [2.24, 2.45) is 0 Å². The number of ketones is 1. The lowest BCUT2D eigenvalue weighted by Crippen LogP contribution is -2.44. The van der Waals surface area contributed by atoms with Crippen LogP contribution in [0.25, 0.3) is 0 Å². The van der Waals surface area contributed by atoms with E-state index in [1.54, 1.807) is 35.3 Å². The minimum atomic E-state index is -0.145. The van der Waals surface area contributed by atoms with Gasteiger partial charge in [0.15, 0.2) is 5.78 Å². The number of Topliss-reactive ketones (excluding diaryl/α,β-unsaturated/α-hetero) is 1. The van der Waals surface area contributed by atoms with Crippen molar-refractivity contribution in [2.75, 3.05) is 25.0 Å². The molecule has 5 nitrogen and oxygen atoms in total. The van der Waals surface area contributed by atoms with E-state index >= 15 is 0 Å². The molecule has 1 aliphatic rings. The number of rotatable bonds is 3. The summed E-state index contributed by atoms with van der Waals surface area (Å²) in [5, 5.41) is 6.97. The Bertz CT molecular complexity index is 743. The molecule has 3 rings (SSSR count). The zero-order chi connectivity index (χ0) is 17.1. The van der Waals surface area contributed by atoms with Gasteiger partial charge < -0.3 is 15.0 Å². The summed E-state index contributed by atoms with van der Waals surface area (Å²) in [5.41, 5.74) is 3.34. The lowest BCUT2D eigenvalue weighted by atomic mass is 10.1. The van der Waals surface area contributed by atoms with E-state index in [9.17, 15) is 9.59 Å². The standard InChI is InChI=1S/C18H20N2O3S/c1-12-9-15(3-4-16(12)13(2)21)19-18(22)20-6-7-23-17(10-20)14-5-8-24-11-14/h3-5,8-9,11,17H,6-7,10H2,1-2H3,(H,19,22)/t17-/m1/s1. The number of nitrogens with one attached hydrogen (secondary N) is 1. The molecule has 0 spiro atoms. The highest BCUT2D eigenvalue weighted by atomic mass is 32.1. The molecule has 1 saturated heterocycles. The minimum Gasteiger partial charge on any atom is -0.370 e. The SMILES string of the molecule is CC(=O)c1ccc(NC(=O)N2CCO[C@@H](c3ccsc3)C2)cc1C. The van der Waals surface area contributed by atoms with E-state index in [4.69, 9.17) is 4.74 Å². The van der Waals surface area contributed by atoms with Gasteiger partial charge in [-0.1, -0.05) is 0 Å². The first kappa shape index (κ1) is 16.7. The Hall–Kier alpha value is -2.18. The van der Waals surface area contributed by atoms with E-state index in [2.05, 4.69) is 10.7 Å². The van der Waals surface area contributed by atoms with Gasteiger partial charge in [-0.15, -0.1) is 0 Å². The van der Waals surface area contributed by atoms with Crippen LogP contribution in [-0.2, 0) is 4.74 Å². The van der Waals surface area contributed by atoms with Crippen LogP contribution in [0.4, 0.5) is 10.5 Å². The number of thiophene rings is 1. The number of nitrogens with zero attached hydrogens (tertiary/aromatic N) is 1. The predicted octanol–water partition coefficient (Wildman–Crippen LogP) is 3.86. The van der Waals surface area contributed by atoms with Gasteiger partial charge in [-0.05, 0) is 60.0 Å². The normalized spacial score (nSPS) is 17.6. The Kier molecular flexibility index (Phi) is 4.97. The first-order valence-corrected chi connectivity index (χ1v) is 8.80. The molecular weight excluding hydrogens is 324 g/mol. The van der Waals surface area contributed by atoms with Gasteiger partial charge >= 0.3 is 6.03 Å². The number of anilines is 1. The van der Waals surface area contributed by atoms with Gasteiger partial charge in [-0.25, -0.2) is 4.79 Å². The van der Waals surface area contributed by atoms with E-state index in [0.29, 0.717) is 30.9 Å². The van der Waals surface area contributed by atoms with Crippen molar-refractivity contribution in [1.82, 2.24) is 4.90 Å². The van der Waals surface area contributed by atoms with Crippen molar-refractivity contribution < 1.29 is 14.3 Å². The molecule has 1 fully saturated rings. The van der Waals surface area contributed by atoms with Crippen LogP contribution in [0.3, 0.4) is 0 Å². The molecule has 1 N–H and O–H groups in total. The first-order valence-electron chi connectivity index (χ1n) is 7.86. The van der Waals surface area contributed by atoms with Crippen molar-refractivity contribution >= 4 is 28.8 Å². The minimum absolute atomic E-state index is 0.0251. The number of morpholine rings is 1. The topological polar surface area (TPSA) is 58.6 Å². The van der Waals surface area contributed by atoms with Crippen LogP contribution < -0.4 is 5.32 Å². The quantitative estimate of drug-likeness (QED) is 0.860. The largest absolute Gasteiger partial charge is 0.370 e. The zero-order valence-corrected chi connectivity index (χ0v) is 14.6. The number of hydrogen-bond acceptors (Lipinski definition) is 4. The lowest BCUT2D eigenvalue weighted by molar-refractivity contribution is -0.0132. The molecule has 0 bridgehead atoms. The van der Waals surface area contributed by atoms with E-state index in [0.717, 1.165) is 11.1 Å². The molecule has 0 saturated carbocycles. The maximum atomic E-state index is 12.5. The fraction of sp³-hybridized carbons (Fsp3) is 0.333. The number of aryl methyl sites for hydroxylation is 1. The fourth-order valence-corrected chi connectivity index (χ4v) is 3.53. The second kappa shape index (κ2) is 7.15. The molecule has 6 heteroatoms. The maximum Gasteiger partial charge on any atom is 0.322 e. The van der Waals surface area contributed by atoms with Gasteiger partial charge in [-0.2, -0.15) is 11.3 Å². The van der Waals surface area contributed by atoms with Gasteiger partial charge in [0.2, 0.25) is 0 Å². The number of hydrogen-bond donors (Lipinski definition) is 1. The summed E-state index contributed by atoms with van der Waals surface area (Å²) in [4.78, 5) is 25.8. The molecule has 0 unspecified atom stereocenters. The molecule has 126 valence electrons. The van der Waals surface area contributed by atoms with Crippen molar-refractivity contribution in [3.8, 4) is 0 Å². The van der Waals surface area contributed by atoms with Crippen molar-refractivity contribution in [3.05, 3.63) is 51.7 Å². The van der Waals surface area contributed by atoms with E-state index < -0.39 is 0 Å². The van der Waals surface area contributed by atoms with Gasteiger partial charge in [0, 0.05) is 17.8 Å². The predicted molar refractivity (Wildman–Crippen MR) is 94.8 cm³/mol. The third-order valence-corrected chi connectivity index (χ3v) is 4.83. The molecule has 2 aromatic rings. The van der Waals surface area contributed by atoms with Gasteiger partial charge in [0.05, 0.1) is 13.2 Å². The Balaban J connectivity index is 1.66. The molecule has 24 heavy (non-hydrogen) atoms. The molecule has 0 aliphatic carbocycles. The fourth-order valence-electron chi connectivity index (χ4n) is 2.83. The molecule has 1 atom stereocenters. The average molecular weight is 344 g/mol. The van der Waals surface area contributed by atoms with Crippen LogP contribution >= 0.6 is 11.3 Å². The van der Waals surface area contributed by atoms with Crippen LogP contribution in [0.2, 0.25) is 0 Å². The van der Waals surface area contributed by atoms with E-state index in [1.165, 1.54) is 0 Å². The molecule has 1 aromatic heterocycles. The summed E-state index contributed by atoms with van der Waals surface area (Å²) in [5.74, 6) is 0.0251. The smallest absolute Gasteiger partial charge is 0.322 e. The second-order valence-corrected chi connectivity index (χ2v) is 6.66. The molecule has 1 aromatic carbocycles. The molecule has 2 amide bonds. The third kappa shape index (κ3) is 3.66. The third-order valence-electron chi connectivity index (χ3n) is 4.13. The summed E-state index contributed by atoms with van der Waals surface area (Å²) < 4.78 is 5.76. The van der Waals surface area contributed by atoms with Crippen molar-refractivity contribution in [2.45, 2.75) is 20.0 Å². The van der Waals surface area contributed by atoms with E-state index in [1.807, 2.05) is 24.4 Å². The lowest BCUT2D eigenvalue weighted by Gasteiger charge is -2.32. The van der Waals surface area contributed by atoms with Crippen molar-refractivity contribution in [3.63, 3.8) is 0 Å². The Morgan fingerprint density at radius 2 is 2.17 bits per heavy atom. The van der Waals surface area contributed by atoms with Gasteiger partial charge in [-0.3, -0.25) is 4.79 Å². The Labute approximate surface area is 145 Å². The summed E-state index contributed by atoms with van der Waals surface area (Å²) in [7, 11) is 0. The summed E-state index contributed by atoms with van der Waals surface area (Å²) in [6, 6.07) is 7.22. The number of ether oxygens (including phenoxy) is 1. The first-order chi connectivity index (χ1) is 11.5. The Morgan fingerprint density at radius 3 is 2.83 bits per heavy atom. The average Bonchev–Trinajstić information content (AvgIpc) is 3.09. The molecular formula is C18H20N2O3S. The van der Waals surface area contributed by atoms with Crippen LogP contribution in [0.15, 0.2) is 35.0 Å². The number of urea groups is 1. The van der Waals surface area contributed by atoms with Crippen molar-refractivity contribution in [1.29, 1.82) is 0 Å². The number of carbonyl (C=O) groups excluding carboxylic acids is 2. The highest BCUT2D eigenvalue weighted by Gasteiger charge is 2.25. The maximum absolute atomic E-state index is 12.5. The molecule has 1 aliphatic heterocycles. The molecule has 2 heterocycles. The van der Waals surface area contributed by atoms with Crippen LogP contribution in [0, 0.1) is 6.92 Å². The van der Waals surface area contributed by atoms with Crippen LogP contribution in [-0.4, -0.2) is 36.4 Å². The Morgan fingerprint density at radius 1 is 1.33 bits per heavy atom. The summed E-state index contributed by atoms with van der Waals surface area (Å²) >= 11 is 1.62. The summed E-state index contributed by atoms with van der Waals surface area (Å²) in [6.07, 6.45) is -0.0717. The number of carbonyl (C=O) groups is 2. The van der Waals surface area contributed by atoms with E-state index in [-0.39, 0.29) is 17.9 Å². The number of benzene rings is 1. The number of amides is 2.